The van der Waals surface area contributed by atoms with Crippen molar-refractivity contribution in [1.82, 2.24) is 9.78 Å². The zero-order valence-corrected chi connectivity index (χ0v) is 17.2. The lowest BCUT2D eigenvalue weighted by Gasteiger charge is -2.08. The molecule has 1 saturated carbocycles. The van der Waals surface area contributed by atoms with Crippen LogP contribution in [0.25, 0.3) is 5.69 Å². The van der Waals surface area contributed by atoms with Crippen LogP contribution in [0.15, 0.2) is 54.6 Å². The van der Waals surface area contributed by atoms with Gasteiger partial charge in [-0.05, 0) is 49.6 Å². The molecule has 2 amide bonds. The molecular weight excluding hydrogens is 396 g/mol. The molecule has 1 fully saturated rings. The van der Waals surface area contributed by atoms with Crippen LogP contribution in [0.1, 0.15) is 39.3 Å². The molecule has 8 heteroatoms. The van der Waals surface area contributed by atoms with E-state index < -0.39 is 11.9 Å². The van der Waals surface area contributed by atoms with Crippen molar-refractivity contribution in [2.45, 2.75) is 19.8 Å². The summed E-state index contributed by atoms with van der Waals surface area (Å²) in [6, 6.07) is 15.8. The Hall–Kier alpha value is -3.94. The zero-order valence-electron chi connectivity index (χ0n) is 17.2. The van der Waals surface area contributed by atoms with E-state index in [2.05, 4.69) is 15.7 Å². The number of amides is 2. The summed E-state index contributed by atoms with van der Waals surface area (Å²) in [5.41, 5.74) is 2.40. The second-order valence-electron chi connectivity index (χ2n) is 7.40. The molecule has 3 aromatic rings. The van der Waals surface area contributed by atoms with Gasteiger partial charge in [-0.3, -0.25) is 9.59 Å². The Morgan fingerprint density at radius 3 is 2.45 bits per heavy atom. The second kappa shape index (κ2) is 8.43. The number of para-hydroxylation sites is 1. The van der Waals surface area contributed by atoms with Gasteiger partial charge in [0.2, 0.25) is 5.91 Å². The van der Waals surface area contributed by atoms with Crippen LogP contribution in [0.4, 0.5) is 11.5 Å². The molecule has 31 heavy (non-hydrogen) atoms. The van der Waals surface area contributed by atoms with Crippen molar-refractivity contribution in [1.29, 1.82) is 0 Å². The number of aromatic nitrogens is 2. The minimum absolute atomic E-state index is 0.0145. The molecule has 0 bridgehead atoms. The number of methoxy groups -OCH3 is 1. The maximum Gasteiger partial charge on any atom is 0.338 e. The Morgan fingerprint density at radius 1 is 1.03 bits per heavy atom. The van der Waals surface area contributed by atoms with E-state index in [9.17, 15) is 14.4 Å². The number of benzene rings is 2. The molecular formula is C23H22N4O4. The fourth-order valence-corrected chi connectivity index (χ4v) is 3.15. The Kier molecular flexibility index (Phi) is 5.53. The quantitative estimate of drug-likeness (QED) is 0.596. The number of anilines is 2. The highest BCUT2D eigenvalue weighted by atomic mass is 16.5. The SMILES string of the molecule is COC(=O)c1cc(NC(=O)c2cc(NC(=O)C3CC3)n(-c3ccccc3)n2)ccc1C. The van der Waals surface area contributed by atoms with E-state index in [1.54, 1.807) is 25.1 Å². The predicted octanol–water partition coefficient (Wildman–Crippen LogP) is 3.57. The molecule has 8 nitrogen and oxygen atoms in total. The molecule has 0 atom stereocenters. The number of hydrogen-bond acceptors (Lipinski definition) is 5. The Bertz CT molecular complexity index is 1150. The van der Waals surface area contributed by atoms with Gasteiger partial charge < -0.3 is 15.4 Å². The van der Waals surface area contributed by atoms with Crippen LogP contribution < -0.4 is 10.6 Å². The van der Waals surface area contributed by atoms with E-state index in [0.29, 0.717) is 17.1 Å². The lowest BCUT2D eigenvalue weighted by molar-refractivity contribution is -0.117. The molecule has 1 aliphatic rings. The van der Waals surface area contributed by atoms with Gasteiger partial charge in [-0.25, -0.2) is 9.48 Å². The summed E-state index contributed by atoms with van der Waals surface area (Å²) in [5, 5.41) is 10.0. The lowest BCUT2D eigenvalue weighted by Crippen LogP contribution is -2.16. The molecule has 0 saturated heterocycles. The van der Waals surface area contributed by atoms with Crippen molar-refractivity contribution in [3.8, 4) is 5.69 Å². The third-order valence-corrected chi connectivity index (χ3v) is 5.04. The molecule has 158 valence electrons. The summed E-state index contributed by atoms with van der Waals surface area (Å²) in [4.78, 5) is 37.1. The monoisotopic (exact) mass is 418 g/mol. The minimum atomic E-state index is -0.480. The molecule has 2 N–H and O–H groups in total. The molecule has 0 radical (unpaired) electrons. The highest BCUT2D eigenvalue weighted by Gasteiger charge is 2.30. The van der Waals surface area contributed by atoms with E-state index in [0.717, 1.165) is 24.1 Å². The second-order valence-corrected chi connectivity index (χ2v) is 7.40. The molecule has 0 aliphatic heterocycles. The number of nitrogens with zero attached hydrogens (tertiary/aromatic N) is 2. The number of nitrogens with one attached hydrogen (secondary N) is 2. The standard InChI is InChI=1S/C23H22N4O4/c1-14-8-11-16(12-18(14)23(30)31-2)24-22(29)19-13-20(25-21(28)15-9-10-15)27(26-19)17-6-4-3-5-7-17/h3-8,11-13,15H,9-10H2,1-2H3,(H,24,29)(H,25,28). The zero-order chi connectivity index (χ0) is 22.0. The Morgan fingerprint density at radius 2 is 1.77 bits per heavy atom. The predicted molar refractivity (Wildman–Crippen MR) is 115 cm³/mol. The first-order valence-corrected chi connectivity index (χ1v) is 9.93. The van der Waals surface area contributed by atoms with Gasteiger partial charge in [-0.15, -0.1) is 0 Å². The summed E-state index contributed by atoms with van der Waals surface area (Å²) in [6.07, 6.45) is 1.74. The van der Waals surface area contributed by atoms with Gasteiger partial charge in [-0.1, -0.05) is 24.3 Å². The van der Waals surface area contributed by atoms with Gasteiger partial charge in [0.1, 0.15) is 5.82 Å². The number of carbonyl (C=O) groups is 3. The largest absolute Gasteiger partial charge is 0.465 e. The Balaban J connectivity index is 1.61. The van der Waals surface area contributed by atoms with Crippen molar-refractivity contribution in [3.05, 3.63) is 71.4 Å². The maximum atomic E-state index is 12.9. The van der Waals surface area contributed by atoms with E-state index in [-0.39, 0.29) is 17.5 Å². The molecule has 0 spiro atoms. The topological polar surface area (TPSA) is 102 Å². The van der Waals surface area contributed by atoms with Crippen LogP contribution in [0.2, 0.25) is 0 Å². The molecule has 1 aliphatic carbocycles. The van der Waals surface area contributed by atoms with Crippen LogP contribution in [0, 0.1) is 12.8 Å². The molecule has 1 heterocycles. The van der Waals surface area contributed by atoms with Gasteiger partial charge in [-0.2, -0.15) is 5.10 Å². The highest BCUT2D eigenvalue weighted by Crippen LogP contribution is 2.30. The van der Waals surface area contributed by atoms with Gasteiger partial charge in [0.25, 0.3) is 5.91 Å². The van der Waals surface area contributed by atoms with E-state index >= 15 is 0 Å². The fraction of sp³-hybridized carbons (Fsp3) is 0.217. The van der Waals surface area contributed by atoms with E-state index in [4.69, 9.17) is 4.74 Å². The highest BCUT2D eigenvalue weighted by molar-refractivity contribution is 6.05. The van der Waals surface area contributed by atoms with Crippen molar-refractivity contribution in [3.63, 3.8) is 0 Å². The van der Waals surface area contributed by atoms with Gasteiger partial charge >= 0.3 is 5.97 Å². The van der Waals surface area contributed by atoms with Crippen LogP contribution in [-0.2, 0) is 9.53 Å². The van der Waals surface area contributed by atoms with Crippen LogP contribution >= 0.6 is 0 Å². The summed E-state index contributed by atoms with van der Waals surface area (Å²) >= 11 is 0. The third kappa shape index (κ3) is 4.48. The number of carbonyl (C=O) groups excluding carboxylic acids is 3. The summed E-state index contributed by atoms with van der Waals surface area (Å²) in [7, 11) is 1.31. The lowest BCUT2D eigenvalue weighted by atomic mass is 10.1. The van der Waals surface area contributed by atoms with Crippen LogP contribution in [-0.4, -0.2) is 34.7 Å². The first-order valence-electron chi connectivity index (χ1n) is 9.93. The maximum absolute atomic E-state index is 12.9. The minimum Gasteiger partial charge on any atom is -0.465 e. The average molecular weight is 418 g/mol. The number of aryl methyl sites for hydroxylation is 1. The molecule has 0 unspecified atom stereocenters. The van der Waals surface area contributed by atoms with E-state index in [1.807, 2.05) is 30.3 Å². The van der Waals surface area contributed by atoms with Crippen molar-refractivity contribution in [2.75, 3.05) is 17.7 Å². The fourth-order valence-electron chi connectivity index (χ4n) is 3.15. The first kappa shape index (κ1) is 20.3. The van der Waals surface area contributed by atoms with E-state index in [1.165, 1.54) is 17.9 Å². The van der Waals surface area contributed by atoms with Gasteiger partial charge in [0.05, 0.1) is 18.4 Å². The van der Waals surface area contributed by atoms with Crippen molar-refractivity contribution in [2.24, 2.45) is 5.92 Å². The van der Waals surface area contributed by atoms with Crippen molar-refractivity contribution >= 4 is 29.3 Å². The smallest absolute Gasteiger partial charge is 0.338 e. The summed E-state index contributed by atoms with van der Waals surface area (Å²) < 4.78 is 6.32. The Labute approximate surface area is 179 Å². The summed E-state index contributed by atoms with van der Waals surface area (Å²) in [6.45, 7) is 1.79. The number of hydrogen-bond donors (Lipinski definition) is 2. The van der Waals surface area contributed by atoms with Crippen LogP contribution in [0.3, 0.4) is 0 Å². The van der Waals surface area contributed by atoms with Gasteiger partial charge in [0.15, 0.2) is 5.69 Å². The third-order valence-electron chi connectivity index (χ3n) is 5.04. The van der Waals surface area contributed by atoms with Crippen molar-refractivity contribution < 1.29 is 19.1 Å². The molecule has 2 aromatic carbocycles. The molecule has 4 rings (SSSR count). The first-order chi connectivity index (χ1) is 15.0. The van der Waals surface area contributed by atoms with Crippen LogP contribution in [0.5, 0.6) is 0 Å². The number of esters is 1. The molecule has 1 aromatic heterocycles. The summed E-state index contributed by atoms with van der Waals surface area (Å²) in [5.74, 6) is -0.582. The average Bonchev–Trinajstić information content (AvgIpc) is 3.55. The number of ether oxygens (including phenoxy) is 1. The number of rotatable bonds is 6. The van der Waals surface area contributed by atoms with Gasteiger partial charge in [0, 0.05) is 17.7 Å². The normalized spacial score (nSPS) is 12.8.